The molecule has 25 heavy (non-hydrogen) atoms. The Morgan fingerprint density at radius 1 is 1.44 bits per heavy atom. The van der Waals surface area contributed by atoms with Gasteiger partial charge < -0.3 is 10.6 Å². The predicted octanol–water partition coefficient (Wildman–Crippen LogP) is 1.90. The lowest BCUT2D eigenvalue weighted by Gasteiger charge is -2.36. The predicted molar refractivity (Wildman–Crippen MR) is 91.8 cm³/mol. The van der Waals surface area contributed by atoms with E-state index in [1.165, 1.54) is 0 Å². The summed E-state index contributed by atoms with van der Waals surface area (Å²) in [7, 11) is 0. The van der Waals surface area contributed by atoms with Crippen LogP contribution < -0.4 is 10.6 Å². The number of carbonyl (C=O) groups excluding carboxylic acids is 3. The van der Waals surface area contributed by atoms with Gasteiger partial charge in [0.1, 0.15) is 17.9 Å². The Labute approximate surface area is 146 Å². The quantitative estimate of drug-likeness (QED) is 0.813. The lowest BCUT2D eigenvalue weighted by molar-refractivity contribution is -0.136. The number of anilines is 1. The fourth-order valence-electron chi connectivity index (χ4n) is 3.79. The first kappa shape index (κ1) is 17.4. The van der Waals surface area contributed by atoms with Crippen LogP contribution >= 0.6 is 0 Å². The second kappa shape index (κ2) is 6.50. The Morgan fingerprint density at radius 2 is 2.20 bits per heavy atom. The maximum Gasteiger partial charge on any atom is 0.325 e. The molecule has 1 saturated carbocycles. The van der Waals surface area contributed by atoms with Crippen LogP contribution in [0.4, 0.5) is 10.6 Å². The third-order valence-electron chi connectivity index (χ3n) is 5.23. The molecule has 4 amide bonds. The fraction of sp³-hybridized carbons (Fsp3) is 0.647. The van der Waals surface area contributed by atoms with E-state index in [0.717, 1.165) is 24.2 Å². The molecule has 2 fully saturated rings. The van der Waals surface area contributed by atoms with Crippen molar-refractivity contribution in [3.63, 3.8) is 0 Å². The molecule has 0 radical (unpaired) electrons. The van der Waals surface area contributed by atoms with Crippen LogP contribution in [-0.4, -0.2) is 44.6 Å². The number of rotatable bonds is 4. The summed E-state index contributed by atoms with van der Waals surface area (Å²) < 4.78 is 1.68. The number of urea groups is 1. The molecule has 2 heterocycles. The molecule has 2 N–H and O–H groups in total. The molecule has 1 saturated heterocycles. The van der Waals surface area contributed by atoms with Crippen molar-refractivity contribution in [3.05, 3.63) is 12.3 Å². The van der Waals surface area contributed by atoms with Gasteiger partial charge in [-0.15, -0.1) is 0 Å². The van der Waals surface area contributed by atoms with Crippen molar-refractivity contribution in [2.45, 2.75) is 58.0 Å². The molecule has 136 valence electrons. The van der Waals surface area contributed by atoms with Crippen molar-refractivity contribution in [1.82, 2.24) is 20.0 Å². The van der Waals surface area contributed by atoms with Gasteiger partial charge in [0.15, 0.2) is 0 Å². The SMILES string of the molecule is CC(C)n1nccc1NC(=O)CN1C(=O)N[C@]2(CCCC[C@H]2C)C1=O. The standard InChI is InChI=1S/C17H25N5O3/c1-11(2)22-13(7-9-18-22)19-14(23)10-21-15(24)17(20-16(21)25)8-5-4-6-12(17)3/h7,9,11-12H,4-6,8,10H2,1-3H3,(H,19,23)(H,20,25)/t12-,17+/m1/s1. The summed E-state index contributed by atoms with van der Waals surface area (Å²) in [6.07, 6.45) is 5.11. The van der Waals surface area contributed by atoms with Gasteiger partial charge in [-0.1, -0.05) is 19.8 Å². The molecular formula is C17H25N5O3. The van der Waals surface area contributed by atoms with E-state index in [9.17, 15) is 14.4 Å². The van der Waals surface area contributed by atoms with Gasteiger partial charge in [0.2, 0.25) is 5.91 Å². The van der Waals surface area contributed by atoms with Crippen LogP contribution in [0.15, 0.2) is 12.3 Å². The van der Waals surface area contributed by atoms with Gasteiger partial charge in [0, 0.05) is 12.1 Å². The smallest absolute Gasteiger partial charge is 0.323 e. The minimum absolute atomic E-state index is 0.0770. The highest BCUT2D eigenvalue weighted by atomic mass is 16.2. The number of hydrogen-bond donors (Lipinski definition) is 2. The molecule has 0 aromatic carbocycles. The van der Waals surface area contributed by atoms with Gasteiger partial charge in [-0.05, 0) is 32.6 Å². The lowest BCUT2D eigenvalue weighted by Crippen LogP contribution is -2.54. The normalized spacial score (nSPS) is 26.4. The number of imide groups is 1. The van der Waals surface area contributed by atoms with E-state index in [1.54, 1.807) is 16.9 Å². The van der Waals surface area contributed by atoms with E-state index >= 15 is 0 Å². The largest absolute Gasteiger partial charge is 0.325 e. The highest BCUT2D eigenvalue weighted by Gasteiger charge is 2.55. The van der Waals surface area contributed by atoms with E-state index in [0.29, 0.717) is 12.2 Å². The average Bonchev–Trinajstić information content (AvgIpc) is 3.10. The summed E-state index contributed by atoms with van der Waals surface area (Å²) in [5, 5.41) is 9.73. The van der Waals surface area contributed by atoms with E-state index in [4.69, 9.17) is 0 Å². The van der Waals surface area contributed by atoms with Crippen LogP contribution in [-0.2, 0) is 9.59 Å². The summed E-state index contributed by atoms with van der Waals surface area (Å²) in [5.74, 6) is -0.0652. The molecule has 1 aromatic rings. The maximum atomic E-state index is 12.9. The summed E-state index contributed by atoms with van der Waals surface area (Å²) in [6, 6.07) is 1.30. The fourth-order valence-corrected chi connectivity index (χ4v) is 3.79. The van der Waals surface area contributed by atoms with Gasteiger partial charge in [0.25, 0.3) is 5.91 Å². The molecule has 1 aliphatic heterocycles. The van der Waals surface area contributed by atoms with Crippen molar-refractivity contribution in [1.29, 1.82) is 0 Å². The number of carbonyl (C=O) groups is 3. The number of nitrogens with one attached hydrogen (secondary N) is 2. The third kappa shape index (κ3) is 3.01. The van der Waals surface area contributed by atoms with Crippen LogP contribution in [0.25, 0.3) is 0 Å². The molecule has 0 unspecified atom stereocenters. The van der Waals surface area contributed by atoms with Crippen LogP contribution in [0.3, 0.4) is 0 Å². The van der Waals surface area contributed by atoms with Gasteiger partial charge in [-0.25, -0.2) is 9.48 Å². The lowest BCUT2D eigenvalue weighted by atomic mass is 9.73. The Balaban J connectivity index is 1.70. The van der Waals surface area contributed by atoms with Crippen molar-refractivity contribution >= 4 is 23.7 Å². The van der Waals surface area contributed by atoms with Crippen molar-refractivity contribution in [3.8, 4) is 0 Å². The first-order valence-electron chi connectivity index (χ1n) is 8.82. The number of hydrogen-bond acceptors (Lipinski definition) is 4. The van der Waals surface area contributed by atoms with Crippen molar-refractivity contribution in [2.75, 3.05) is 11.9 Å². The Kier molecular flexibility index (Phi) is 4.53. The highest BCUT2D eigenvalue weighted by molar-refractivity contribution is 6.10. The molecule has 2 aliphatic rings. The summed E-state index contributed by atoms with van der Waals surface area (Å²) in [6.45, 7) is 5.60. The van der Waals surface area contributed by atoms with Crippen molar-refractivity contribution in [2.24, 2.45) is 5.92 Å². The van der Waals surface area contributed by atoms with E-state index in [-0.39, 0.29) is 24.4 Å². The number of aromatic nitrogens is 2. The molecular weight excluding hydrogens is 322 g/mol. The Morgan fingerprint density at radius 3 is 2.88 bits per heavy atom. The molecule has 2 atom stereocenters. The molecule has 1 aromatic heterocycles. The second-order valence-corrected chi connectivity index (χ2v) is 7.24. The zero-order valence-electron chi connectivity index (χ0n) is 14.9. The molecule has 0 bridgehead atoms. The van der Waals surface area contributed by atoms with Gasteiger partial charge in [-0.3, -0.25) is 14.5 Å². The molecule has 8 heteroatoms. The zero-order valence-corrected chi connectivity index (χ0v) is 14.9. The first-order valence-corrected chi connectivity index (χ1v) is 8.82. The van der Waals surface area contributed by atoms with E-state index in [1.807, 2.05) is 20.8 Å². The highest BCUT2D eigenvalue weighted by Crippen LogP contribution is 2.38. The second-order valence-electron chi connectivity index (χ2n) is 7.24. The summed E-state index contributed by atoms with van der Waals surface area (Å²) in [5.41, 5.74) is -0.838. The van der Waals surface area contributed by atoms with Crippen LogP contribution in [0.1, 0.15) is 52.5 Å². The van der Waals surface area contributed by atoms with E-state index < -0.39 is 17.5 Å². The van der Waals surface area contributed by atoms with Crippen LogP contribution in [0.5, 0.6) is 0 Å². The monoisotopic (exact) mass is 347 g/mol. The Hall–Kier alpha value is -2.38. The van der Waals surface area contributed by atoms with Crippen LogP contribution in [0.2, 0.25) is 0 Å². The first-order chi connectivity index (χ1) is 11.8. The number of amides is 4. The van der Waals surface area contributed by atoms with Crippen LogP contribution in [0, 0.1) is 5.92 Å². The average molecular weight is 347 g/mol. The minimum Gasteiger partial charge on any atom is -0.323 e. The third-order valence-corrected chi connectivity index (χ3v) is 5.23. The molecule has 1 aliphatic carbocycles. The minimum atomic E-state index is -0.838. The Bertz CT molecular complexity index is 698. The zero-order chi connectivity index (χ0) is 18.2. The molecule has 1 spiro atoms. The van der Waals surface area contributed by atoms with Gasteiger partial charge >= 0.3 is 6.03 Å². The topological polar surface area (TPSA) is 96.3 Å². The van der Waals surface area contributed by atoms with Crippen molar-refractivity contribution < 1.29 is 14.4 Å². The van der Waals surface area contributed by atoms with E-state index in [2.05, 4.69) is 15.7 Å². The maximum absolute atomic E-state index is 12.9. The molecule has 8 nitrogen and oxygen atoms in total. The van der Waals surface area contributed by atoms with Gasteiger partial charge in [-0.2, -0.15) is 5.10 Å². The summed E-state index contributed by atoms with van der Waals surface area (Å²) in [4.78, 5) is 38.6. The van der Waals surface area contributed by atoms with Gasteiger partial charge in [0.05, 0.1) is 6.20 Å². The molecule has 3 rings (SSSR count). The summed E-state index contributed by atoms with van der Waals surface area (Å²) >= 11 is 0. The number of nitrogens with zero attached hydrogens (tertiary/aromatic N) is 3.